The number of hydrogen-bond acceptors (Lipinski definition) is 5. The van der Waals surface area contributed by atoms with Gasteiger partial charge in [0.1, 0.15) is 18.1 Å². The maximum atomic E-state index is 12.4. The molecule has 2 aromatic rings. The molecule has 1 amide bonds. The van der Waals surface area contributed by atoms with Gasteiger partial charge in [0, 0.05) is 12.2 Å². The summed E-state index contributed by atoms with van der Waals surface area (Å²) in [5.41, 5.74) is 1.12. The Hall–Kier alpha value is -2.16. The first-order valence-corrected chi connectivity index (χ1v) is 10.1. The van der Waals surface area contributed by atoms with Crippen molar-refractivity contribution in [3.05, 3.63) is 52.5 Å². The molecule has 150 valence electrons. The van der Waals surface area contributed by atoms with E-state index in [0.717, 1.165) is 0 Å². The zero-order valence-electron chi connectivity index (χ0n) is 15.8. The number of anilines is 1. The minimum absolute atomic E-state index is 0.177. The predicted molar refractivity (Wildman–Crippen MR) is 117 cm³/mol. The van der Waals surface area contributed by atoms with Crippen LogP contribution in [0.4, 0.5) is 5.69 Å². The van der Waals surface area contributed by atoms with Gasteiger partial charge in [-0.3, -0.25) is 10.1 Å². The van der Waals surface area contributed by atoms with Crippen LogP contribution in [-0.4, -0.2) is 37.4 Å². The number of para-hydroxylation sites is 2. The number of halogens is 1. The second kappa shape index (κ2) is 11.6. The average molecular weight is 467 g/mol. The average Bonchev–Trinajstić information content (AvgIpc) is 2.68. The number of nitrogens with one attached hydrogen (secondary N) is 2. The lowest BCUT2D eigenvalue weighted by Crippen LogP contribution is -2.34. The molecule has 0 atom stereocenters. The molecule has 0 saturated heterocycles. The SMILES string of the molecule is CCOCCOc1ccccc1NC(=S)NC(=O)c1ccc(OCC)c(Br)c1. The minimum atomic E-state index is -0.323. The fraction of sp³-hybridized carbons (Fsp3) is 0.300. The molecule has 0 aliphatic carbocycles. The summed E-state index contributed by atoms with van der Waals surface area (Å²) in [6.07, 6.45) is 0. The number of amides is 1. The lowest BCUT2D eigenvalue weighted by molar-refractivity contribution is 0.0977. The summed E-state index contributed by atoms with van der Waals surface area (Å²) < 4.78 is 17.1. The van der Waals surface area contributed by atoms with Gasteiger partial charge in [-0.15, -0.1) is 0 Å². The smallest absolute Gasteiger partial charge is 0.257 e. The number of thiocarbonyl (C=S) groups is 1. The van der Waals surface area contributed by atoms with E-state index in [9.17, 15) is 4.79 Å². The number of carbonyl (C=O) groups excluding carboxylic acids is 1. The van der Waals surface area contributed by atoms with Crippen LogP contribution in [0.5, 0.6) is 11.5 Å². The fourth-order valence-electron chi connectivity index (χ4n) is 2.29. The molecule has 6 nitrogen and oxygen atoms in total. The zero-order chi connectivity index (χ0) is 20.4. The normalized spacial score (nSPS) is 10.2. The van der Waals surface area contributed by atoms with Gasteiger partial charge in [0.05, 0.1) is 23.4 Å². The van der Waals surface area contributed by atoms with Crippen molar-refractivity contribution in [2.75, 3.05) is 31.7 Å². The van der Waals surface area contributed by atoms with Crippen molar-refractivity contribution in [1.29, 1.82) is 0 Å². The summed E-state index contributed by atoms with van der Waals surface area (Å²) in [7, 11) is 0. The molecule has 2 rings (SSSR count). The Labute approximate surface area is 178 Å². The third-order valence-corrected chi connectivity index (χ3v) is 4.37. The van der Waals surface area contributed by atoms with E-state index in [1.54, 1.807) is 18.2 Å². The number of ether oxygens (including phenoxy) is 3. The van der Waals surface area contributed by atoms with Crippen molar-refractivity contribution in [1.82, 2.24) is 5.32 Å². The van der Waals surface area contributed by atoms with Gasteiger partial charge in [-0.1, -0.05) is 12.1 Å². The molecule has 0 aliphatic rings. The largest absolute Gasteiger partial charge is 0.493 e. The first-order chi connectivity index (χ1) is 13.5. The lowest BCUT2D eigenvalue weighted by Gasteiger charge is -2.14. The Morgan fingerprint density at radius 3 is 2.54 bits per heavy atom. The maximum Gasteiger partial charge on any atom is 0.257 e. The molecular formula is C20H23BrN2O4S. The van der Waals surface area contributed by atoms with Crippen molar-refractivity contribution in [2.45, 2.75) is 13.8 Å². The maximum absolute atomic E-state index is 12.4. The van der Waals surface area contributed by atoms with Crippen LogP contribution in [0, 0.1) is 0 Å². The third-order valence-electron chi connectivity index (χ3n) is 3.55. The predicted octanol–water partition coefficient (Wildman–Crippen LogP) is 4.39. The van der Waals surface area contributed by atoms with Gasteiger partial charge in [0.2, 0.25) is 0 Å². The Morgan fingerprint density at radius 2 is 1.82 bits per heavy atom. The molecule has 0 aromatic heterocycles. The highest BCUT2D eigenvalue weighted by atomic mass is 79.9. The van der Waals surface area contributed by atoms with E-state index in [2.05, 4.69) is 26.6 Å². The van der Waals surface area contributed by atoms with Gasteiger partial charge >= 0.3 is 0 Å². The van der Waals surface area contributed by atoms with E-state index < -0.39 is 0 Å². The summed E-state index contributed by atoms with van der Waals surface area (Å²) in [5.74, 6) is 0.983. The van der Waals surface area contributed by atoms with Crippen LogP contribution in [0.25, 0.3) is 0 Å². The summed E-state index contributed by atoms with van der Waals surface area (Å²) in [5, 5.41) is 5.84. The number of benzene rings is 2. The van der Waals surface area contributed by atoms with E-state index in [1.807, 2.05) is 38.1 Å². The summed E-state index contributed by atoms with van der Waals surface area (Å²) in [6, 6.07) is 12.5. The first-order valence-electron chi connectivity index (χ1n) is 8.89. The molecule has 0 saturated carbocycles. The van der Waals surface area contributed by atoms with Crippen molar-refractivity contribution < 1.29 is 19.0 Å². The molecule has 2 aromatic carbocycles. The van der Waals surface area contributed by atoms with Crippen LogP contribution in [0.2, 0.25) is 0 Å². The van der Waals surface area contributed by atoms with Crippen LogP contribution < -0.4 is 20.1 Å². The van der Waals surface area contributed by atoms with Gasteiger partial charge in [-0.05, 0) is 72.3 Å². The molecule has 0 heterocycles. The van der Waals surface area contributed by atoms with Crippen molar-refractivity contribution in [2.24, 2.45) is 0 Å². The van der Waals surface area contributed by atoms with Crippen LogP contribution >= 0.6 is 28.1 Å². The van der Waals surface area contributed by atoms with Gasteiger partial charge in [-0.2, -0.15) is 0 Å². The van der Waals surface area contributed by atoms with Gasteiger partial charge in [0.25, 0.3) is 5.91 Å². The third kappa shape index (κ3) is 6.78. The number of rotatable bonds is 9. The fourth-order valence-corrected chi connectivity index (χ4v) is 2.99. The summed E-state index contributed by atoms with van der Waals surface area (Å²) >= 11 is 8.67. The highest BCUT2D eigenvalue weighted by Crippen LogP contribution is 2.26. The van der Waals surface area contributed by atoms with E-state index in [-0.39, 0.29) is 11.0 Å². The second-order valence-corrected chi connectivity index (χ2v) is 6.79. The summed E-state index contributed by atoms with van der Waals surface area (Å²) in [6.45, 7) is 5.94. The van der Waals surface area contributed by atoms with E-state index in [1.165, 1.54) is 0 Å². The number of hydrogen-bond donors (Lipinski definition) is 2. The van der Waals surface area contributed by atoms with E-state index in [4.69, 9.17) is 26.4 Å². The Morgan fingerprint density at radius 1 is 1.04 bits per heavy atom. The van der Waals surface area contributed by atoms with Crippen molar-refractivity contribution in [3.63, 3.8) is 0 Å². The van der Waals surface area contributed by atoms with Gasteiger partial charge in [0.15, 0.2) is 5.11 Å². The van der Waals surface area contributed by atoms with E-state index >= 15 is 0 Å². The van der Waals surface area contributed by atoms with Crippen molar-refractivity contribution >= 4 is 44.9 Å². The van der Waals surface area contributed by atoms with Crippen molar-refractivity contribution in [3.8, 4) is 11.5 Å². The molecule has 2 N–H and O–H groups in total. The van der Waals surface area contributed by atoms with Gasteiger partial charge in [-0.25, -0.2) is 0 Å². The molecular weight excluding hydrogens is 444 g/mol. The zero-order valence-corrected chi connectivity index (χ0v) is 18.2. The standard InChI is InChI=1S/C20H23BrN2O4S/c1-3-25-11-12-27-18-8-6-5-7-16(18)22-20(28)23-19(24)14-9-10-17(26-4-2)15(21)13-14/h5-10,13H,3-4,11-12H2,1-2H3,(H2,22,23,24,28). The minimum Gasteiger partial charge on any atom is -0.493 e. The quantitative estimate of drug-likeness (QED) is 0.421. The molecule has 0 bridgehead atoms. The van der Waals surface area contributed by atoms with Gasteiger partial charge < -0.3 is 19.5 Å². The highest BCUT2D eigenvalue weighted by molar-refractivity contribution is 9.10. The lowest BCUT2D eigenvalue weighted by atomic mass is 10.2. The van der Waals surface area contributed by atoms with Crippen LogP contribution in [-0.2, 0) is 4.74 Å². The highest BCUT2D eigenvalue weighted by Gasteiger charge is 2.12. The molecule has 0 aliphatic heterocycles. The Balaban J connectivity index is 1.96. The monoisotopic (exact) mass is 466 g/mol. The number of carbonyl (C=O) groups is 1. The molecule has 0 unspecified atom stereocenters. The second-order valence-electron chi connectivity index (χ2n) is 5.53. The molecule has 0 spiro atoms. The van der Waals surface area contributed by atoms with Crippen LogP contribution in [0.15, 0.2) is 46.9 Å². The van der Waals surface area contributed by atoms with E-state index in [0.29, 0.717) is 53.7 Å². The molecule has 0 fully saturated rings. The Bertz CT molecular complexity index is 817. The summed E-state index contributed by atoms with van der Waals surface area (Å²) in [4.78, 5) is 12.4. The Kier molecular flexibility index (Phi) is 9.19. The molecule has 0 radical (unpaired) electrons. The van der Waals surface area contributed by atoms with Crippen LogP contribution in [0.3, 0.4) is 0 Å². The van der Waals surface area contributed by atoms with Crippen LogP contribution in [0.1, 0.15) is 24.2 Å². The first kappa shape index (κ1) is 22.1. The molecule has 28 heavy (non-hydrogen) atoms. The molecule has 8 heteroatoms. The topological polar surface area (TPSA) is 68.8 Å².